The van der Waals surface area contributed by atoms with Crippen molar-refractivity contribution in [2.45, 2.75) is 47.0 Å². The Morgan fingerprint density at radius 3 is 1.62 bits per heavy atom. The van der Waals surface area contributed by atoms with E-state index in [4.69, 9.17) is 0 Å². The Bertz CT molecular complexity index is 255. The summed E-state index contributed by atoms with van der Waals surface area (Å²) in [5.41, 5.74) is 6.24. The average molecular weight is 176 g/mol. The van der Waals surface area contributed by atoms with Gasteiger partial charge >= 0.3 is 0 Å². The van der Waals surface area contributed by atoms with Crippen LogP contribution in [0.15, 0.2) is 12.1 Å². The normalized spacial score (nSPS) is 13.2. The molecule has 0 heterocycles. The van der Waals surface area contributed by atoms with Crippen molar-refractivity contribution in [3.05, 3.63) is 34.4 Å². The Morgan fingerprint density at radius 2 is 1.23 bits per heavy atom. The maximum Gasteiger partial charge on any atom is -0.0270 e. The molecule has 0 aromatic heterocycles. The monoisotopic (exact) mass is 176 g/mol. The highest BCUT2D eigenvalue weighted by atomic mass is 14.2. The van der Waals surface area contributed by atoms with Crippen LogP contribution in [0.2, 0.25) is 0 Å². The molecule has 0 heteroatoms. The predicted octanol–water partition coefficient (Wildman–Crippen LogP) is 3.82. The molecule has 0 radical (unpaired) electrons. The minimum absolute atomic E-state index is 1.31. The molecule has 1 aliphatic rings. The highest BCUT2D eigenvalue weighted by Gasteiger charge is 2.13. The lowest BCUT2D eigenvalue weighted by molar-refractivity contribution is 0.907. The van der Waals surface area contributed by atoms with E-state index in [2.05, 4.69) is 26.0 Å². The van der Waals surface area contributed by atoms with Crippen LogP contribution in [0.4, 0.5) is 0 Å². The molecule has 0 bridgehead atoms. The number of aryl methyl sites for hydroxylation is 2. The second-order valence-corrected chi connectivity index (χ2v) is 3.51. The summed E-state index contributed by atoms with van der Waals surface area (Å²) in [6, 6.07) is 4.50. The van der Waals surface area contributed by atoms with Gasteiger partial charge in [0.15, 0.2) is 0 Å². The summed E-state index contributed by atoms with van der Waals surface area (Å²) in [5, 5.41) is 0. The summed E-state index contributed by atoms with van der Waals surface area (Å²) in [7, 11) is 0. The molecule has 0 N–H and O–H groups in total. The third-order valence-electron chi connectivity index (χ3n) is 2.75. The minimum atomic E-state index is 1.31. The number of hydrogen-bond acceptors (Lipinski definition) is 0. The third-order valence-corrected chi connectivity index (χ3v) is 2.75. The van der Waals surface area contributed by atoms with Gasteiger partial charge in [0, 0.05) is 0 Å². The van der Waals surface area contributed by atoms with Crippen molar-refractivity contribution >= 4 is 0 Å². The Hall–Kier alpha value is -0.780. The Kier molecular flexibility index (Phi) is 3.53. The standard InChI is InChI=1S/C11H14.C2H6/c1-8-6-7-9(2)11-5-3-4-10(8)11;1-2/h6-7H,3-5H2,1-2H3;1-2H3. The highest BCUT2D eigenvalue weighted by Crippen LogP contribution is 2.27. The molecule has 1 aromatic carbocycles. The molecule has 0 nitrogen and oxygen atoms in total. The number of hydrogen-bond donors (Lipinski definition) is 0. The summed E-state index contributed by atoms with van der Waals surface area (Å²) in [6.07, 6.45) is 3.98. The van der Waals surface area contributed by atoms with Crippen molar-refractivity contribution in [3.8, 4) is 0 Å². The first-order valence-corrected chi connectivity index (χ1v) is 5.37. The Balaban J connectivity index is 0.000000396. The Morgan fingerprint density at radius 1 is 0.846 bits per heavy atom. The second-order valence-electron chi connectivity index (χ2n) is 3.51. The molecule has 2 rings (SSSR count). The van der Waals surface area contributed by atoms with Crippen LogP contribution in [0.1, 0.15) is 42.5 Å². The van der Waals surface area contributed by atoms with E-state index in [1.54, 1.807) is 11.1 Å². The van der Waals surface area contributed by atoms with Crippen molar-refractivity contribution in [3.63, 3.8) is 0 Å². The van der Waals surface area contributed by atoms with Crippen LogP contribution in [0.3, 0.4) is 0 Å². The van der Waals surface area contributed by atoms with Gasteiger partial charge in [-0.15, -0.1) is 0 Å². The van der Waals surface area contributed by atoms with E-state index >= 15 is 0 Å². The molecular formula is C13H20. The highest BCUT2D eigenvalue weighted by molar-refractivity contribution is 5.42. The number of rotatable bonds is 0. The molecule has 0 fully saturated rings. The fraction of sp³-hybridized carbons (Fsp3) is 0.538. The van der Waals surface area contributed by atoms with Gasteiger partial charge in [-0.3, -0.25) is 0 Å². The van der Waals surface area contributed by atoms with Gasteiger partial charge in [-0.05, 0) is 55.4 Å². The van der Waals surface area contributed by atoms with Crippen molar-refractivity contribution in [2.75, 3.05) is 0 Å². The smallest absolute Gasteiger partial charge is 0.0270 e. The zero-order valence-corrected chi connectivity index (χ0v) is 9.28. The SMILES string of the molecule is CC.Cc1ccc(C)c2c1CCC2. The van der Waals surface area contributed by atoms with Crippen molar-refractivity contribution in [2.24, 2.45) is 0 Å². The van der Waals surface area contributed by atoms with Gasteiger partial charge in [0.1, 0.15) is 0 Å². The van der Waals surface area contributed by atoms with E-state index < -0.39 is 0 Å². The van der Waals surface area contributed by atoms with Gasteiger partial charge in [0.05, 0.1) is 0 Å². The molecule has 0 unspecified atom stereocenters. The first kappa shape index (κ1) is 10.3. The van der Waals surface area contributed by atoms with E-state index in [-0.39, 0.29) is 0 Å². The average Bonchev–Trinajstić information content (AvgIpc) is 2.64. The quantitative estimate of drug-likeness (QED) is 0.563. The zero-order valence-electron chi connectivity index (χ0n) is 9.28. The van der Waals surface area contributed by atoms with E-state index in [9.17, 15) is 0 Å². The molecule has 0 saturated carbocycles. The molecule has 0 amide bonds. The largest absolute Gasteiger partial charge is 0.0683 e. The van der Waals surface area contributed by atoms with Gasteiger partial charge in [-0.1, -0.05) is 26.0 Å². The van der Waals surface area contributed by atoms with Gasteiger partial charge < -0.3 is 0 Å². The van der Waals surface area contributed by atoms with Gasteiger partial charge in [-0.2, -0.15) is 0 Å². The van der Waals surface area contributed by atoms with E-state index in [0.717, 1.165) is 0 Å². The topological polar surface area (TPSA) is 0 Å². The molecule has 13 heavy (non-hydrogen) atoms. The summed E-state index contributed by atoms with van der Waals surface area (Å²) in [5.74, 6) is 0. The fourth-order valence-electron chi connectivity index (χ4n) is 2.07. The lowest BCUT2D eigenvalue weighted by Gasteiger charge is -2.05. The van der Waals surface area contributed by atoms with Crippen LogP contribution in [-0.2, 0) is 12.8 Å². The van der Waals surface area contributed by atoms with Crippen LogP contribution in [0, 0.1) is 13.8 Å². The van der Waals surface area contributed by atoms with Crippen molar-refractivity contribution in [1.82, 2.24) is 0 Å². The summed E-state index contributed by atoms with van der Waals surface area (Å²) in [4.78, 5) is 0. The van der Waals surface area contributed by atoms with Crippen molar-refractivity contribution in [1.29, 1.82) is 0 Å². The lowest BCUT2D eigenvalue weighted by atomic mass is 10.0. The minimum Gasteiger partial charge on any atom is -0.0683 e. The maximum atomic E-state index is 2.25. The summed E-state index contributed by atoms with van der Waals surface area (Å²) < 4.78 is 0. The van der Waals surface area contributed by atoms with E-state index in [0.29, 0.717) is 0 Å². The molecular weight excluding hydrogens is 156 g/mol. The van der Waals surface area contributed by atoms with Gasteiger partial charge in [0.2, 0.25) is 0 Å². The molecule has 0 aliphatic heterocycles. The Labute approximate surface area is 82.0 Å². The first-order chi connectivity index (χ1) is 6.29. The van der Waals surface area contributed by atoms with Crippen LogP contribution in [0.25, 0.3) is 0 Å². The number of fused-ring (bicyclic) bond motifs is 1. The van der Waals surface area contributed by atoms with Crippen LogP contribution < -0.4 is 0 Å². The third kappa shape index (κ3) is 1.93. The summed E-state index contributed by atoms with van der Waals surface area (Å²) in [6.45, 7) is 8.45. The van der Waals surface area contributed by atoms with Crippen LogP contribution >= 0.6 is 0 Å². The van der Waals surface area contributed by atoms with Gasteiger partial charge in [-0.25, -0.2) is 0 Å². The van der Waals surface area contributed by atoms with Gasteiger partial charge in [0.25, 0.3) is 0 Å². The molecule has 0 atom stereocenters. The van der Waals surface area contributed by atoms with E-state index in [1.165, 1.54) is 30.4 Å². The zero-order chi connectivity index (χ0) is 9.84. The first-order valence-electron chi connectivity index (χ1n) is 5.37. The lowest BCUT2D eigenvalue weighted by Crippen LogP contribution is -1.90. The van der Waals surface area contributed by atoms with Crippen LogP contribution in [-0.4, -0.2) is 0 Å². The predicted molar refractivity (Wildman–Crippen MR) is 59.3 cm³/mol. The molecule has 1 aromatic rings. The number of benzene rings is 1. The second kappa shape index (κ2) is 4.45. The molecule has 1 aliphatic carbocycles. The van der Waals surface area contributed by atoms with Crippen molar-refractivity contribution < 1.29 is 0 Å². The fourth-order valence-corrected chi connectivity index (χ4v) is 2.07. The van der Waals surface area contributed by atoms with E-state index in [1.807, 2.05) is 13.8 Å². The van der Waals surface area contributed by atoms with Crippen LogP contribution in [0.5, 0.6) is 0 Å². The maximum absolute atomic E-state index is 2.25. The molecule has 0 spiro atoms. The molecule has 72 valence electrons. The summed E-state index contributed by atoms with van der Waals surface area (Å²) >= 11 is 0. The molecule has 0 saturated heterocycles.